The minimum Gasteiger partial charge on any atom is -0.361 e. The van der Waals surface area contributed by atoms with E-state index in [1.165, 1.54) is 0 Å². The van der Waals surface area contributed by atoms with Gasteiger partial charge in [-0.3, -0.25) is 14.7 Å². The first kappa shape index (κ1) is 12.5. The van der Waals surface area contributed by atoms with E-state index in [4.69, 9.17) is 0 Å². The minimum absolute atomic E-state index is 0.0432. The van der Waals surface area contributed by atoms with Crippen LogP contribution >= 0.6 is 0 Å². The lowest BCUT2D eigenvalue weighted by Crippen LogP contribution is -2.29. The molecule has 1 aromatic carbocycles. The van der Waals surface area contributed by atoms with Crippen molar-refractivity contribution in [1.82, 2.24) is 14.8 Å². The normalized spacial score (nSPS) is 19.9. The van der Waals surface area contributed by atoms with Crippen LogP contribution in [0.2, 0.25) is 0 Å². The highest BCUT2D eigenvalue weighted by atomic mass is 16.2. The molecule has 5 heteroatoms. The van der Waals surface area contributed by atoms with Crippen molar-refractivity contribution in [3.05, 3.63) is 41.7 Å². The van der Waals surface area contributed by atoms with Gasteiger partial charge in [-0.2, -0.15) is 0 Å². The molecule has 0 saturated carbocycles. The molecular weight excluding hydrogens is 252 g/mol. The maximum absolute atomic E-state index is 12.3. The Morgan fingerprint density at radius 3 is 2.65 bits per heavy atom. The summed E-state index contributed by atoms with van der Waals surface area (Å²) in [7, 11) is 5.27. The predicted octanol–water partition coefficient (Wildman–Crippen LogP) is 1.90. The van der Waals surface area contributed by atoms with E-state index in [1.54, 1.807) is 19.0 Å². The van der Waals surface area contributed by atoms with E-state index in [1.807, 2.05) is 48.5 Å². The van der Waals surface area contributed by atoms with Crippen LogP contribution in [0.1, 0.15) is 5.56 Å². The number of nitrogens with zero attached hydrogens (tertiary/aromatic N) is 3. The summed E-state index contributed by atoms with van der Waals surface area (Å²) >= 11 is 0. The van der Waals surface area contributed by atoms with E-state index < -0.39 is 0 Å². The Morgan fingerprint density at radius 2 is 1.95 bits per heavy atom. The first-order valence-corrected chi connectivity index (χ1v) is 6.40. The summed E-state index contributed by atoms with van der Waals surface area (Å²) in [5.41, 5.74) is 2.68. The highest BCUT2D eigenvalue weighted by Crippen LogP contribution is 2.24. The Hall–Kier alpha value is -2.56. The van der Waals surface area contributed by atoms with E-state index in [0.29, 0.717) is 11.7 Å². The fraction of sp³-hybridized carbons (Fsp3) is 0.200. The molecule has 2 heterocycles. The van der Waals surface area contributed by atoms with Crippen LogP contribution in [0.3, 0.4) is 0 Å². The molecule has 1 aromatic heterocycles. The van der Waals surface area contributed by atoms with Gasteiger partial charge in [0, 0.05) is 43.8 Å². The van der Waals surface area contributed by atoms with Crippen LogP contribution in [0.5, 0.6) is 0 Å². The quantitative estimate of drug-likeness (QED) is 0.803. The number of hydrogen-bond acceptors (Lipinski definition) is 2. The highest BCUT2D eigenvalue weighted by molar-refractivity contribution is 6.15. The SMILES string of the molecule is C/N=C1/N(C)C(=O)C(=Cc2c[nH]c3ccccc23)N1C. The summed E-state index contributed by atoms with van der Waals surface area (Å²) in [6, 6.07) is 8.03. The monoisotopic (exact) mass is 268 g/mol. The number of aromatic amines is 1. The maximum atomic E-state index is 12.3. The van der Waals surface area contributed by atoms with Crippen molar-refractivity contribution >= 4 is 28.8 Å². The number of fused-ring (bicyclic) bond motifs is 1. The first-order valence-electron chi connectivity index (χ1n) is 6.40. The molecule has 1 amide bonds. The molecule has 1 aliphatic heterocycles. The number of carbonyl (C=O) groups is 1. The number of H-pyrrole nitrogens is 1. The number of aliphatic imine (C=N–C) groups is 1. The van der Waals surface area contributed by atoms with Crippen LogP contribution in [-0.2, 0) is 4.79 Å². The first-order chi connectivity index (χ1) is 9.63. The van der Waals surface area contributed by atoms with Gasteiger partial charge in [-0.1, -0.05) is 18.2 Å². The topological polar surface area (TPSA) is 51.7 Å². The third-order valence-electron chi connectivity index (χ3n) is 3.60. The van der Waals surface area contributed by atoms with Gasteiger partial charge in [-0.15, -0.1) is 0 Å². The number of rotatable bonds is 1. The number of nitrogens with one attached hydrogen (secondary N) is 1. The second-order valence-corrected chi connectivity index (χ2v) is 4.77. The molecule has 0 bridgehead atoms. The molecule has 0 radical (unpaired) electrons. The van der Waals surface area contributed by atoms with Gasteiger partial charge in [0.15, 0.2) is 0 Å². The Balaban J connectivity index is 2.11. The number of hydrogen-bond donors (Lipinski definition) is 1. The average Bonchev–Trinajstić information content (AvgIpc) is 2.95. The molecule has 1 saturated heterocycles. The zero-order chi connectivity index (χ0) is 14.3. The van der Waals surface area contributed by atoms with E-state index in [9.17, 15) is 4.79 Å². The molecular formula is C15H16N4O. The van der Waals surface area contributed by atoms with Crippen molar-refractivity contribution in [2.24, 2.45) is 4.99 Å². The summed E-state index contributed by atoms with van der Waals surface area (Å²) in [6.45, 7) is 0. The summed E-state index contributed by atoms with van der Waals surface area (Å²) in [5, 5.41) is 1.10. The van der Waals surface area contributed by atoms with Crippen molar-refractivity contribution in [2.45, 2.75) is 0 Å². The third-order valence-corrected chi connectivity index (χ3v) is 3.60. The van der Waals surface area contributed by atoms with Gasteiger partial charge in [0.1, 0.15) is 5.70 Å². The lowest BCUT2D eigenvalue weighted by Gasteiger charge is -2.12. The predicted molar refractivity (Wildman–Crippen MR) is 80.2 cm³/mol. The van der Waals surface area contributed by atoms with E-state index >= 15 is 0 Å². The summed E-state index contributed by atoms with van der Waals surface area (Å²) in [6.07, 6.45) is 3.82. The maximum Gasteiger partial charge on any atom is 0.277 e. The van der Waals surface area contributed by atoms with Crippen LogP contribution in [0.4, 0.5) is 0 Å². The second-order valence-electron chi connectivity index (χ2n) is 4.77. The van der Waals surface area contributed by atoms with Crippen molar-refractivity contribution < 1.29 is 4.79 Å². The summed E-state index contributed by atoms with van der Waals surface area (Å²) < 4.78 is 0. The lowest BCUT2D eigenvalue weighted by molar-refractivity contribution is -0.121. The van der Waals surface area contributed by atoms with Crippen molar-refractivity contribution in [3.8, 4) is 0 Å². The van der Waals surface area contributed by atoms with Gasteiger partial charge in [0.2, 0.25) is 5.96 Å². The van der Waals surface area contributed by atoms with Gasteiger partial charge < -0.3 is 9.88 Å². The molecule has 5 nitrogen and oxygen atoms in total. The van der Waals surface area contributed by atoms with Crippen LogP contribution in [0, 0.1) is 0 Å². The Bertz CT molecular complexity index is 741. The molecule has 20 heavy (non-hydrogen) atoms. The van der Waals surface area contributed by atoms with E-state index in [-0.39, 0.29) is 5.91 Å². The van der Waals surface area contributed by atoms with Crippen molar-refractivity contribution in [2.75, 3.05) is 21.1 Å². The number of likely N-dealkylation sites (N-methyl/N-ethyl adjacent to an activating group) is 2. The smallest absolute Gasteiger partial charge is 0.277 e. The molecule has 0 unspecified atom stereocenters. The van der Waals surface area contributed by atoms with Crippen LogP contribution in [-0.4, -0.2) is 47.8 Å². The number of guanidine groups is 1. The molecule has 102 valence electrons. The molecule has 1 fully saturated rings. The van der Waals surface area contributed by atoms with Crippen molar-refractivity contribution in [3.63, 3.8) is 0 Å². The fourth-order valence-corrected chi connectivity index (χ4v) is 2.56. The van der Waals surface area contributed by atoms with E-state index in [2.05, 4.69) is 9.98 Å². The molecule has 0 atom stereocenters. The lowest BCUT2D eigenvalue weighted by atomic mass is 10.1. The molecule has 3 rings (SSSR count). The number of para-hydroxylation sites is 1. The molecule has 1 aliphatic rings. The zero-order valence-electron chi connectivity index (χ0n) is 11.7. The Labute approximate surface area is 117 Å². The minimum atomic E-state index is -0.0432. The number of amides is 1. The Morgan fingerprint density at radius 1 is 1.20 bits per heavy atom. The summed E-state index contributed by atoms with van der Waals surface area (Å²) in [4.78, 5) is 23.0. The summed E-state index contributed by atoms with van der Waals surface area (Å²) in [5.74, 6) is 0.611. The number of aromatic nitrogens is 1. The van der Waals surface area contributed by atoms with Crippen LogP contribution in [0.15, 0.2) is 41.2 Å². The van der Waals surface area contributed by atoms with E-state index in [0.717, 1.165) is 16.5 Å². The number of carbonyl (C=O) groups excluding carboxylic acids is 1. The van der Waals surface area contributed by atoms with Gasteiger partial charge in [0.05, 0.1) is 0 Å². The second kappa shape index (κ2) is 4.52. The highest BCUT2D eigenvalue weighted by Gasteiger charge is 2.33. The largest absolute Gasteiger partial charge is 0.361 e. The fourth-order valence-electron chi connectivity index (χ4n) is 2.56. The molecule has 2 aromatic rings. The van der Waals surface area contributed by atoms with Crippen LogP contribution < -0.4 is 0 Å². The van der Waals surface area contributed by atoms with Gasteiger partial charge in [0.25, 0.3) is 5.91 Å². The standard InChI is InChI=1S/C15H16N4O/c1-16-15-18(2)13(14(20)19(15)3)8-10-9-17-12-7-5-4-6-11(10)12/h4-9,17H,1-3H3/b13-8?,16-15+. The molecule has 1 N–H and O–H groups in total. The third kappa shape index (κ3) is 1.71. The Kier molecular flexibility index (Phi) is 2.82. The van der Waals surface area contributed by atoms with Gasteiger partial charge in [-0.05, 0) is 12.1 Å². The zero-order valence-corrected chi connectivity index (χ0v) is 11.7. The van der Waals surface area contributed by atoms with Crippen molar-refractivity contribution in [1.29, 1.82) is 0 Å². The number of benzene rings is 1. The molecule has 0 spiro atoms. The van der Waals surface area contributed by atoms with Gasteiger partial charge in [-0.25, -0.2) is 0 Å². The molecule has 0 aliphatic carbocycles. The van der Waals surface area contributed by atoms with Crippen LogP contribution in [0.25, 0.3) is 17.0 Å². The van der Waals surface area contributed by atoms with Gasteiger partial charge >= 0.3 is 0 Å². The average molecular weight is 268 g/mol.